The molecular formula is C23H28N2O2. The van der Waals surface area contributed by atoms with Crippen molar-refractivity contribution in [3.05, 3.63) is 59.4 Å². The van der Waals surface area contributed by atoms with Gasteiger partial charge in [-0.1, -0.05) is 42.7 Å². The maximum absolute atomic E-state index is 10.7. The lowest BCUT2D eigenvalue weighted by atomic mass is 10.1. The van der Waals surface area contributed by atoms with Crippen LogP contribution in [0.3, 0.4) is 0 Å². The average molecular weight is 364 g/mol. The minimum Gasteiger partial charge on any atom is -0.491 e. The van der Waals surface area contributed by atoms with Crippen LogP contribution in [0.5, 0.6) is 5.75 Å². The summed E-state index contributed by atoms with van der Waals surface area (Å²) in [5.74, 6) is 2.47. The zero-order chi connectivity index (χ0) is 18.8. The van der Waals surface area contributed by atoms with Gasteiger partial charge in [0.1, 0.15) is 24.3 Å². The summed E-state index contributed by atoms with van der Waals surface area (Å²) in [6, 6.07) is 14.3. The van der Waals surface area contributed by atoms with Crippen molar-refractivity contribution < 1.29 is 9.84 Å². The Bertz CT molecular complexity index is 925. The normalized spacial score (nSPS) is 16.1. The summed E-state index contributed by atoms with van der Waals surface area (Å²) in [7, 11) is 0. The second-order valence-electron chi connectivity index (χ2n) is 7.78. The highest BCUT2D eigenvalue weighted by Crippen LogP contribution is 2.35. The first kappa shape index (κ1) is 18.1. The summed E-state index contributed by atoms with van der Waals surface area (Å²) in [6.45, 7) is 4.90. The Morgan fingerprint density at radius 1 is 1.15 bits per heavy atom. The van der Waals surface area contributed by atoms with E-state index in [0.717, 1.165) is 28.2 Å². The molecule has 1 aliphatic rings. The molecule has 0 spiro atoms. The molecule has 0 saturated heterocycles. The zero-order valence-electron chi connectivity index (χ0n) is 16.2. The van der Waals surface area contributed by atoms with Gasteiger partial charge < -0.3 is 14.4 Å². The second-order valence-corrected chi connectivity index (χ2v) is 7.78. The van der Waals surface area contributed by atoms with Gasteiger partial charge in [-0.25, -0.2) is 4.98 Å². The fraction of sp³-hybridized carbons (Fsp3) is 0.435. The van der Waals surface area contributed by atoms with E-state index < -0.39 is 6.10 Å². The molecule has 1 fully saturated rings. The number of rotatable bonds is 6. The fourth-order valence-electron chi connectivity index (χ4n) is 4.19. The summed E-state index contributed by atoms with van der Waals surface area (Å²) in [6.07, 6.45) is 4.35. The predicted octanol–water partition coefficient (Wildman–Crippen LogP) is 4.75. The molecule has 0 bridgehead atoms. The molecule has 4 heteroatoms. The molecule has 0 aliphatic heterocycles. The van der Waals surface area contributed by atoms with Crippen LogP contribution in [0.2, 0.25) is 0 Å². The van der Waals surface area contributed by atoms with Crippen LogP contribution in [0, 0.1) is 13.8 Å². The number of para-hydroxylation sites is 2. The standard InChI is InChI=1S/C23H28N2O2/c1-16-11-12-22(17(2)13-16)27-15-19(26)14-25-21-10-6-5-9-20(21)24-23(25)18-7-3-4-8-18/h5-6,9-13,18-19,26H,3-4,7-8,14-15H2,1-2H3. The number of fused-ring (bicyclic) bond motifs is 1. The molecule has 1 atom stereocenters. The molecule has 0 radical (unpaired) electrons. The molecule has 1 heterocycles. The SMILES string of the molecule is Cc1ccc(OCC(O)Cn2c(C3CCCC3)nc3ccccc32)c(C)c1. The molecule has 4 rings (SSSR count). The first-order valence-electron chi connectivity index (χ1n) is 9.95. The van der Waals surface area contributed by atoms with Crippen molar-refractivity contribution >= 4 is 11.0 Å². The molecule has 142 valence electrons. The van der Waals surface area contributed by atoms with Crippen LogP contribution in [-0.2, 0) is 6.54 Å². The third kappa shape index (κ3) is 3.86. The molecule has 1 N–H and O–H groups in total. The van der Waals surface area contributed by atoms with Crippen molar-refractivity contribution in [2.45, 2.75) is 58.1 Å². The highest BCUT2D eigenvalue weighted by molar-refractivity contribution is 5.76. The van der Waals surface area contributed by atoms with Crippen LogP contribution in [0.4, 0.5) is 0 Å². The van der Waals surface area contributed by atoms with Crippen molar-refractivity contribution in [3.8, 4) is 5.75 Å². The van der Waals surface area contributed by atoms with Crippen LogP contribution in [-0.4, -0.2) is 27.4 Å². The zero-order valence-corrected chi connectivity index (χ0v) is 16.2. The number of hydrogen-bond donors (Lipinski definition) is 1. The highest BCUT2D eigenvalue weighted by atomic mass is 16.5. The monoisotopic (exact) mass is 364 g/mol. The van der Waals surface area contributed by atoms with Crippen LogP contribution in [0.15, 0.2) is 42.5 Å². The van der Waals surface area contributed by atoms with Crippen LogP contribution in [0.1, 0.15) is 48.6 Å². The maximum atomic E-state index is 10.7. The molecule has 27 heavy (non-hydrogen) atoms. The molecule has 1 unspecified atom stereocenters. The Hall–Kier alpha value is -2.33. The molecule has 1 aromatic heterocycles. The van der Waals surface area contributed by atoms with Crippen LogP contribution >= 0.6 is 0 Å². The van der Waals surface area contributed by atoms with E-state index in [4.69, 9.17) is 9.72 Å². The van der Waals surface area contributed by atoms with E-state index in [1.165, 1.54) is 31.2 Å². The highest BCUT2D eigenvalue weighted by Gasteiger charge is 2.24. The summed E-state index contributed by atoms with van der Waals surface area (Å²) in [5.41, 5.74) is 4.43. The third-order valence-corrected chi connectivity index (χ3v) is 5.56. The lowest BCUT2D eigenvalue weighted by molar-refractivity contribution is 0.0921. The van der Waals surface area contributed by atoms with E-state index in [1.54, 1.807) is 0 Å². The van der Waals surface area contributed by atoms with Gasteiger partial charge >= 0.3 is 0 Å². The van der Waals surface area contributed by atoms with Crippen LogP contribution in [0.25, 0.3) is 11.0 Å². The summed E-state index contributed by atoms with van der Waals surface area (Å²) in [4.78, 5) is 4.90. The van der Waals surface area contributed by atoms with Crippen LogP contribution < -0.4 is 4.74 Å². The van der Waals surface area contributed by atoms with Crippen molar-refractivity contribution in [2.75, 3.05) is 6.61 Å². The third-order valence-electron chi connectivity index (χ3n) is 5.56. The van der Waals surface area contributed by atoms with Gasteiger partial charge in [-0.05, 0) is 50.5 Å². The van der Waals surface area contributed by atoms with Crippen molar-refractivity contribution in [1.82, 2.24) is 9.55 Å². The summed E-state index contributed by atoms with van der Waals surface area (Å²) in [5, 5.41) is 10.7. The minimum absolute atomic E-state index is 0.278. The number of aryl methyl sites for hydroxylation is 2. The number of benzene rings is 2. The lowest BCUT2D eigenvalue weighted by Gasteiger charge is -2.18. The van der Waals surface area contributed by atoms with Crippen molar-refractivity contribution in [3.63, 3.8) is 0 Å². The fourth-order valence-corrected chi connectivity index (χ4v) is 4.19. The summed E-state index contributed by atoms with van der Waals surface area (Å²) >= 11 is 0. The number of imidazole rings is 1. The minimum atomic E-state index is -0.580. The first-order chi connectivity index (χ1) is 13.1. The van der Waals surface area contributed by atoms with Gasteiger partial charge in [0.2, 0.25) is 0 Å². The molecule has 0 amide bonds. The van der Waals surface area contributed by atoms with Gasteiger partial charge in [0.25, 0.3) is 0 Å². The molecular weight excluding hydrogens is 336 g/mol. The number of aromatic nitrogens is 2. The first-order valence-corrected chi connectivity index (χ1v) is 9.95. The molecule has 4 nitrogen and oxygen atoms in total. The van der Waals surface area contributed by atoms with E-state index in [1.807, 2.05) is 31.2 Å². The quantitative estimate of drug-likeness (QED) is 0.686. The Morgan fingerprint density at radius 2 is 1.93 bits per heavy atom. The Morgan fingerprint density at radius 3 is 2.70 bits per heavy atom. The van der Waals surface area contributed by atoms with Gasteiger partial charge in [-0.3, -0.25) is 0 Å². The number of aliphatic hydroxyl groups excluding tert-OH is 1. The lowest BCUT2D eigenvalue weighted by Crippen LogP contribution is -2.25. The molecule has 2 aromatic carbocycles. The Balaban J connectivity index is 1.52. The Labute approximate surface area is 160 Å². The predicted molar refractivity (Wildman–Crippen MR) is 108 cm³/mol. The van der Waals surface area contributed by atoms with Gasteiger partial charge in [0, 0.05) is 5.92 Å². The van der Waals surface area contributed by atoms with E-state index >= 15 is 0 Å². The van der Waals surface area contributed by atoms with Crippen molar-refractivity contribution in [2.24, 2.45) is 0 Å². The topological polar surface area (TPSA) is 47.3 Å². The van der Waals surface area contributed by atoms with E-state index in [0.29, 0.717) is 12.5 Å². The Kier molecular flexibility index (Phi) is 5.17. The molecule has 1 aliphatic carbocycles. The maximum Gasteiger partial charge on any atom is 0.122 e. The number of nitrogens with zero attached hydrogens (tertiary/aromatic N) is 2. The van der Waals surface area contributed by atoms with Gasteiger partial charge in [0.05, 0.1) is 17.6 Å². The number of aliphatic hydroxyl groups is 1. The van der Waals surface area contributed by atoms with Gasteiger partial charge in [0.15, 0.2) is 0 Å². The largest absolute Gasteiger partial charge is 0.491 e. The van der Waals surface area contributed by atoms with Gasteiger partial charge in [-0.2, -0.15) is 0 Å². The molecule has 3 aromatic rings. The molecule has 1 saturated carbocycles. The van der Waals surface area contributed by atoms with E-state index in [-0.39, 0.29) is 6.61 Å². The van der Waals surface area contributed by atoms with E-state index in [2.05, 4.69) is 29.7 Å². The smallest absolute Gasteiger partial charge is 0.122 e. The van der Waals surface area contributed by atoms with E-state index in [9.17, 15) is 5.11 Å². The average Bonchev–Trinajstić information content (AvgIpc) is 3.29. The summed E-state index contributed by atoms with van der Waals surface area (Å²) < 4.78 is 8.11. The van der Waals surface area contributed by atoms with Gasteiger partial charge in [-0.15, -0.1) is 0 Å². The number of ether oxygens (including phenoxy) is 1. The van der Waals surface area contributed by atoms with Crippen molar-refractivity contribution in [1.29, 1.82) is 0 Å². The number of hydrogen-bond acceptors (Lipinski definition) is 3. The second kappa shape index (κ2) is 7.73.